The van der Waals surface area contributed by atoms with Crippen molar-refractivity contribution < 1.29 is 9.90 Å². The number of phenolic OH excluding ortho intramolecular Hbond substituents is 1. The van der Waals surface area contributed by atoms with Gasteiger partial charge in [0.15, 0.2) is 0 Å². The highest BCUT2D eigenvalue weighted by Crippen LogP contribution is 2.26. The minimum atomic E-state index is -0.296. The molecule has 2 rings (SSSR count). The van der Waals surface area contributed by atoms with E-state index in [2.05, 4.69) is 15.5 Å². The van der Waals surface area contributed by atoms with Gasteiger partial charge in [-0.2, -0.15) is 5.10 Å². The number of aromatic nitrogens is 2. The zero-order valence-corrected chi connectivity index (χ0v) is 8.82. The van der Waals surface area contributed by atoms with Gasteiger partial charge in [-0.15, -0.1) is 0 Å². The molecule has 0 aliphatic carbocycles. The Bertz CT molecular complexity index is 511. The maximum Gasteiger partial charge on any atom is 0.258 e. The van der Waals surface area contributed by atoms with E-state index in [1.54, 1.807) is 6.07 Å². The molecule has 82 valence electrons. The van der Waals surface area contributed by atoms with Crippen molar-refractivity contribution in [2.75, 3.05) is 5.32 Å². The molecule has 0 saturated heterocycles. The number of carbonyl (C=O) groups excluding carboxylic acids is 1. The van der Waals surface area contributed by atoms with E-state index in [9.17, 15) is 9.90 Å². The number of nitrogens with one attached hydrogen (secondary N) is 2. The Morgan fingerprint density at radius 2 is 2.31 bits per heavy atom. The second-order valence-corrected chi connectivity index (χ2v) is 3.51. The zero-order valence-electron chi connectivity index (χ0n) is 8.07. The van der Waals surface area contributed by atoms with E-state index in [0.717, 1.165) is 0 Å². The second-order valence-electron chi connectivity index (χ2n) is 3.11. The third kappa shape index (κ3) is 2.14. The predicted molar refractivity (Wildman–Crippen MR) is 59.7 cm³/mol. The van der Waals surface area contributed by atoms with Crippen molar-refractivity contribution in [3.05, 3.63) is 41.2 Å². The molecule has 0 unspecified atom stereocenters. The quantitative estimate of drug-likeness (QED) is 0.700. The molecule has 1 aromatic carbocycles. The number of anilines is 1. The molecule has 6 heteroatoms. The van der Waals surface area contributed by atoms with Gasteiger partial charge in [-0.25, -0.2) is 0 Å². The monoisotopic (exact) mass is 237 g/mol. The molecule has 1 aromatic heterocycles. The summed E-state index contributed by atoms with van der Waals surface area (Å²) in [7, 11) is 0. The summed E-state index contributed by atoms with van der Waals surface area (Å²) in [5.41, 5.74) is 0.929. The Kier molecular flexibility index (Phi) is 2.78. The lowest BCUT2D eigenvalue weighted by Crippen LogP contribution is -2.10. The van der Waals surface area contributed by atoms with Gasteiger partial charge in [-0.05, 0) is 18.2 Å². The molecule has 0 fully saturated rings. The average Bonchev–Trinajstić information content (AvgIpc) is 2.77. The topological polar surface area (TPSA) is 78.0 Å². The van der Waals surface area contributed by atoms with Crippen LogP contribution in [0.2, 0.25) is 5.02 Å². The first-order chi connectivity index (χ1) is 7.66. The van der Waals surface area contributed by atoms with Gasteiger partial charge < -0.3 is 10.4 Å². The number of benzene rings is 1. The van der Waals surface area contributed by atoms with Gasteiger partial charge in [-0.1, -0.05) is 11.6 Å². The van der Waals surface area contributed by atoms with Crippen molar-refractivity contribution in [1.82, 2.24) is 10.2 Å². The number of hydrogen-bond acceptors (Lipinski definition) is 3. The van der Waals surface area contributed by atoms with Gasteiger partial charge >= 0.3 is 0 Å². The molecule has 0 aliphatic rings. The summed E-state index contributed by atoms with van der Waals surface area (Å²) in [4.78, 5) is 11.6. The summed E-state index contributed by atoms with van der Waals surface area (Å²) in [6.45, 7) is 0. The molecule has 0 saturated carbocycles. The summed E-state index contributed by atoms with van der Waals surface area (Å²) in [5, 5.41) is 18.2. The summed E-state index contributed by atoms with van der Waals surface area (Å²) >= 11 is 5.70. The van der Waals surface area contributed by atoms with E-state index in [4.69, 9.17) is 11.6 Å². The minimum absolute atomic E-state index is 0.0250. The number of aromatic amines is 1. The van der Waals surface area contributed by atoms with Gasteiger partial charge in [0.25, 0.3) is 5.91 Å². The van der Waals surface area contributed by atoms with Crippen LogP contribution in [0, 0.1) is 0 Å². The summed E-state index contributed by atoms with van der Waals surface area (Å²) in [6, 6.07) is 4.43. The lowest BCUT2D eigenvalue weighted by molar-refractivity contribution is 0.102. The van der Waals surface area contributed by atoms with Crippen LogP contribution in [0.1, 0.15) is 10.4 Å². The predicted octanol–water partition coefficient (Wildman–Crippen LogP) is 2.02. The number of hydrogen-bond donors (Lipinski definition) is 3. The van der Waals surface area contributed by atoms with Crippen molar-refractivity contribution >= 4 is 23.2 Å². The van der Waals surface area contributed by atoms with Crippen LogP contribution in [0.3, 0.4) is 0 Å². The average molecular weight is 238 g/mol. The van der Waals surface area contributed by atoms with Crippen molar-refractivity contribution in [1.29, 1.82) is 0 Å². The third-order valence-corrected chi connectivity index (χ3v) is 2.27. The van der Waals surface area contributed by atoms with E-state index >= 15 is 0 Å². The molecule has 2 aromatic rings. The van der Waals surface area contributed by atoms with Crippen LogP contribution in [0.5, 0.6) is 5.75 Å². The fraction of sp³-hybridized carbons (Fsp3) is 0. The van der Waals surface area contributed by atoms with Crippen molar-refractivity contribution in [3.63, 3.8) is 0 Å². The molecular weight excluding hydrogens is 230 g/mol. The Morgan fingerprint density at radius 1 is 1.50 bits per heavy atom. The van der Waals surface area contributed by atoms with Gasteiger partial charge in [0.05, 0.1) is 16.8 Å². The van der Waals surface area contributed by atoms with Crippen molar-refractivity contribution in [2.45, 2.75) is 0 Å². The van der Waals surface area contributed by atoms with Crippen LogP contribution < -0.4 is 5.32 Å². The van der Waals surface area contributed by atoms with E-state index in [-0.39, 0.29) is 16.7 Å². The summed E-state index contributed by atoms with van der Waals surface area (Å²) in [6.07, 6.45) is 2.90. The van der Waals surface area contributed by atoms with Crippen LogP contribution in [-0.4, -0.2) is 21.2 Å². The Labute approximate surface area is 96.1 Å². The molecule has 16 heavy (non-hydrogen) atoms. The molecule has 0 bridgehead atoms. The third-order valence-electron chi connectivity index (χ3n) is 1.97. The van der Waals surface area contributed by atoms with E-state index < -0.39 is 0 Å². The molecule has 0 aliphatic heterocycles. The number of nitrogens with zero attached hydrogens (tertiary/aromatic N) is 1. The Hall–Kier alpha value is -2.01. The standard InChI is InChI=1S/C10H8ClN3O2/c11-8-3-7(1-2-9(8)15)14-10(16)6-4-12-13-5-6/h1-5,15H,(H,12,13)(H,14,16). The lowest BCUT2D eigenvalue weighted by atomic mass is 10.2. The van der Waals surface area contributed by atoms with Crippen LogP contribution in [0.25, 0.3) is 0 Å². The molecule has 5 nitrogen and oxygen atoms in total. The van der Waals surface area contributed by atoms with Gasteiger partial charge in [0, 0.05) is 11.9 Å². The van der Waals surface area contributed by atoms with E-state index in [1.807, 2.05) is 0 Å². The maximum absolute atomic E-state index is 11.6. The second kappa shape index (κ2) is 4.24. The number of H-pyrrole nitrogens is 1. The lowest BCUT2D eigenvalue weighted by Gasteiger charge is -2.04. The fourth-order valence-electron chi connectivity index (χ4n) is 1.16. The van der Waals surface area contributed by atoms with Crippen LogP contribution in [-0.2, 0) is 0 Å². The normalized spacial score (nSPS) is 10.1. The number of rotatable bonds is 2. The van der Waals surface area contributed by atoms with Crippen LogP contribution >= 0.6 is 11.6 Å². The Morgan fingerprint density at radius 3 is 2.94 bits per heavy atom. The first kappa shape index (κ1) is 10.5. The first-order valence-corrected chi connectivity index (χ1v) is 4.83. The summed E-state index contributed by atoms with van der Waals surface area (Å²) < 4.78 is 0. The largest absolute Gasteiger partial charge is 0.506 e. The van der Waals surface area contributed by atoms with Gasteiger partial charge in [-0.3, -0.25) is 9.89 Å². The smallest absolute Gasteiger partial charge is 0.258 e. The number of carbonyl (C=O) groups is 1. The molecular formula is C10H8ClN3O2. The number of aromatic hydroxyl groups is 1. The zero-order chi connectivity index (χ0) is 11.5. The highest BCUT2D eigenvalue weighted by atomic mass is 35.5. The SMILES string of the molecule is O=C(Nc1ccc(O)c(Cl)c1)c1cn[nH]c1. The minimum Gasteiger partial charge on any atom is -0.506 e. The van der Waals surface area contributed by atoms with Crippen molar-refractivity contribution in [3.8, 4) is 5.75 Å². The van der Waals surface area contributed by atoms with Gasteiger partial charge in [0.2, 0.25) is 0 Å². The van der Waals surface area contributed by atoms with E-state index in [1.165, 1.54) is 24.5 Å². The molecule has 0 spiro atoms. The molecule has 1 amide bonds. The summed E-state index contributed by atoms with van der Waals surface area (Å²) in [5.74, 6) is -0.321. The number of phenols is 1. The number of amides is 1. The molecule has 3 N–H and O–H groups in total. The van der Waals surface area contributed by atoms with Crippen LogP contribution in [0.15, 0.2) is 30.6 Å². The highest BCUT2D eigenvalue weighted by molar-refractivity contribution is 6.32. The first-order valence-electron chi connectivity index (χ1n) is 4.45. The highest BCUT2D eigenvalue weighted by Gasteiger charge is 2.07. The molecule has 1 heterocycles. The number of halogens is 1. The van der Waals surface area contributed by atoms with Crippen molar-refractivity contribution in [2.24, 2.45) is 0 Å². The fourth-order valence-corrected chi connectivity index (χ4v) is 1.34. The molecule has 0 radical (unpaired) electrons. The molecule has 0 atom stereocenters. The van der Waals surface area contributed by atoms with Crippen LogP contribution in [0.4, 0.5) is 5.69 Å². The van der Waals surface area contributed by atoms with E-state index in [0.29, 0.717) is 11.3 Å². The Balaban J connectivity index is 2.15. The van der Waals surface area contributed by atoms with Gasteiger partial charge in [0.1, 0.15) is 5.75 Å². The maximum atomic E-state index is 11.6.